The molecule has 2 rings (SSSR count). The van der Waals surface area contributed by atoms with Crippen LogP contribution in [-0.4, -0.2) is 13.2 Å². The van der Waals surface area contributed by atoms with Crippen molar-refractivity contribution in [3.05, 3.63) is 23.8 Å². The molecule has 4 heteroatoms. The summed E-state index contributed by atoms with van der Waals surface area (Å²) in [6.07, 6.45) is 0. The first kappa shape index (κ1) is 10.2. The molecule has 0 aliphatic carbocycles. The highest BCUT2D eigenvalue weighted by Gasteiger charge is 2.10. The van der Waals surface area contributed by atoms with Gasteiger partial charge < -0.3 is 15.2 Å². The standard InChI is InChI=1S/C9H11NO2.ClH/c10-6-7-1-2-8-9(5-7)12-4-3-11-8;/h1-2,5H,3-4,6,10H2;1H. The molecule has 0 radical (unpaired) electrons. The fourth-order valence-electron chi connectivity index (χ4n) is 1.21. The molecule has 72 valence electrons. The van der Waals surface area contributed by atoms with E-state index in [1.54, 1.807) is 0 Å². The van der Waals surface area contributed by atoms with Crippen molar-refractivity contribution in [1.29, 1.82) is 0 Å². The number of ether oxygens (including phenoxy) is 2. The van der Waals surface area contributed by atoms with E-state index < -0.39 is 0 Å². The zero-order valence-corrected chi connectivity index (χ0v) is 7.97. The largest absolute Gasteiger partial charge is 0.486 e. The summed E-state index contributed by atoms with van der Waals surface area (Å²) in [5.41, 5.74) is 6.56. The van der Waals surface area contributed by atoms with E-state index in [1.165, 1.54) is 0 Å². The molecule has 2 N–H and O–H groups in total. The SMILES string of the molecule is Cl.NCc1ccc2c(c1)OCCO2. The zero-order chi connectivity index (χ0) is 8.39. The normalized spacial score (nSPS) is 13.3. The van der Waals surface area contributed by atoms with Gasteiger partial charge in [0.15, 0.2) is 11.5 Å². The van der Waals surface area contributed by atoms with Crippen molar-refractivity contribution in [2.45, 2.75) is 6.54 Å². The van der Waals surface area contributed by atoms with Crippen LogP contribution in [0.4, 0.5) is 0 Å². The van der Waals surface area contributed by atoms with Gasteiger partial charge in [-0.25, -0.2) is 0 Å². The molecule has 0 spiro atoms. The van der Waals surface area contributed by atoms with Gasteiger partial charge in [0.05, 0.1) is 0 Å². The highest BCUT2D eigenvalue weighted by molar-refractivity contribution is 5.85. The van der Waals surface area contributed by atoms with E-state index in [9.17, 15) is 0 Å². The molecule has 0 atom stereocenters. The minimum atomic E-state index is 0. The Morgan fingerprint density at radius 2 is 1.85 bits per heavy atom. The third-order valence-corrected chi connectivity index (χ3v) is 1.84. The number of hydrogen-bond acceptors (Lipinski definition) is 3. The van der Waals surface area contributed by atoms with Crippen LogP contribution in [0, 0.1) is 0 Å². The molecule has 1 aliphatic rings. The number of fused-ring (bicyclic) bond motifs is 1. The second-order valence-corrected chi connectivity index (χ2v) is 2.68. The fraction of sp³-hybridized carbons (Fsp3) is 0.333. The fourth-order valence-corrected chi connectivity index (χ4v) is 1.21. The van der Waals surface area contributed by atoms with Crippen molar-refractivity contribution in [2.75, 3.05) is 13.2 Å². The molecule has 0 fully saturated rings. The van der Waals surface area contributed by atoms with Gasteiger partial charge in [0.2, 0.25) is 0 Å². The lowest BCUT2D eigenvalue weighted by molar-refractivity contribution is 0.171. The molecule has 0 unspecified atom stereocenters. The van der Waals surface area contributed by atoms with Crippen molar-refractivity contribution in [1.82, 2.24) is 0 Å². The van der Waals surface area contributed by atoms with E-state index in [2.05, 4.69) is 0 Å². The predicted molar refractivity (Wildman–Crippen MR) is 52.6 cm³/mol. The maximum absolute atomic E-state index is 5.49. The Morgan fingerprint density at radius 1 is 1.15 bits per heavy atom. The molecule has 0 aromatic heterocycles. The summed E-state index contributed by atoms with van der Waals surface area (Å²) in [6, 6.07) is 5.78. The third kappa shape index (κ3) is 2.05. The van der Waals surface area contributed by atoms with Crippen molar-refractivity contribution in [2.24, 2.45) is 5.73 Å². The highest BCUT2D eigenvalue weighted by atomic mass is 35.5. The summed E-state index contributed by atoms with van der Waals surface area (Å²) in [6.45, 7) is 1.80. The van der Waals surface area contributed by atoms with Crippen LogP contribution in [0.15, 0.2) is 18.2 Å². The van der Waals surface area contributed by atoms with Gasteiger partial charge in [0.1, 0.15) is 13.2 Å². The Morgan fingerprint density at radius 3 is 2.54 bits per heavy atom. The second-order valence-electron chi connectivity index (χ2n) is 2.68. The van der Waals surface area contributed by atoms with E-state index in [1.807, 2.05) is 18.2 Å². The van der Waals surface area contributed by atoms with E-state index >= 15 is 0 Å². The number of hydrogen-bond donors (Lipinski definition) is 1. The maximum Gasteiger partial charge on any atom is 0.161 e. The zero-order valence-electron chi connectivity index (χ0n) is 7.16. The molecular weight excluding hydrogens is 190 g/mol. The van der Waals surface area contributed by atoms with E-state index in [0.29, 0.717) is 19.8 Å². The lowest BCUT2D eigenvalue weighted by Gasteiger charge is -2.18. The maximum atomic E-state index is 5.49. The molecule has 0 saturated carbocycles. The summed E-state index contributed by atoms with van der Waals surface area (Å²) in [4.78, 5) is 0. The minimum absolute atomic E-state index is 0. The van der Waals surface area contributed by atoms with Crippen LogP contribution < -0.4 is 15.2 Å². The average Bonchev–Trinajstić information content (AvgIpc) is 2.17. The first-order chi connectivity index (χ1) is 5.90. The van der Waals surface area contributed by atoms with Gasteiger partial charge >= 0.3 is 0 Å². The first-order valence-corrected chi connectivity index (χ1v) is 3.99. The number of halogens is 1. The monoisotopic (exact) mass is 201 g/mol. The summed E-state index contributed by atoms with van der Waals surface area (Å²) < 4.78 is 10.7. The lowest BCUT2D eigenvalue weighted by Crippen LogP contribution is -2.15. The number of rotatable bonds is 1. The smallest absolute Gasteiger partial charge is 0.161 e. The molecule has 1 aromatic carbocycles. The lowest BCUT2D eigenvalue weighted by atomic mass is 10.2. The summed E-state index contributed by atoms with van der Waals surface area (Å²) in [5, 5.41) is 0. The van der Waals surface area contributed by atoms with Crippen LogP contribution in [0.2, 0.25) is 0 Å². The van der Waals surface area contributed by atoms with Gasteiger partial charge in [-0.05, 0) is 17.7 Å². The second kappa shape index (κ2) is 4.35. The van der Waals surface area contributed by atoms with Crippen molar-refractivity contribution >= 4 is 12.4 Å². The molecule has 1 heterocycles. The Kier molecular flexibility index (Phi) is 3.39. The molecule has 0 saturated heterocycles. The van der Waals surface area contributed by atoms with Crippen LogP contribution in [0.1, 0.15) is 5.56 Å². The summed E-state index contributed by atoms with van der Waals surface area (Å²) in [5.74, 6) is 1.63. The van der Waals surface area contributed by atoms with Gasteiger partial charge in [-0.1, -0.05) is 6.07 Å². The van der Waals surface area contributed by atoms with Gasteiger partial charge in [-0.2, -0.15) is 0 Å². The van der Waals surface area contributed by atoms with Gasteiger partial charge in [-0.15, -0.1) is 12.4 Å². The average molecular weight is 202 g/mol. The van der Waals surface area contributed by atoms with E-state index in [0.717, 1.165) is 17.1 Å². The Labute approximate surface area is 83.2 Å². The molecule has 13 heavy (non-hydrogen) atoms. The number of benzene rings is 1. The van der Waals surface area contributed by atoms with Crippen molar-refractivity contribution in [3.8, 4) is 11.5 Å². The van der Waals surface area contributed by atoms with Crippen molar-refractivity contribution < 1.29 is 9.47 Å². The molecule has 0 amide bonds. The van der Waals surface area contributed by atoms with Gasteiger partial charge in [0, 0.05) is 6.54 Å². The third-order valence-electron chi connectivity index (χ3n) is 1.84. The molecule has 1 aromatic rings. The van der Waals surface area contributed by atoms with E-state index in [4.69, 9.17) is 15.2 Å². The van der Waals surface area contributed by atoms with Crippen LogP contribution in [-0.2, 0) is 6.54 Å². The van der Waals surface area contributed by atoms with Crippen LogP contribution >= 0.6 is 12.4 Å². The van der Waals surface area contributed by atoms with Gasteiger partial charge in [-0.3, -0.25) is 0 Å². The van der Waals surface area contributed by atoms with E-state index in [-0.39, 0.29) is 12.4 Å². The van der Waals surface area contributed by atoms with Crippen molar-refractivity contribution in [3.63, 3.8) is 0 Å². The first-order valence-electron chi connectivity index (χ1n) is 3.99. The molecule has 1 aliphatic heterocycles. The predicted octanol–water partition coefficient (Wildman–Crippen LogP) is 1.34. The Balaban J connectivity index is 0.000000845. The Hall–Kier alpha value is -0.930. The molecule has 0 bridgehead atoms. The molecular formula is C9H12ClNO2. The van der Waals surface area contributed by atoms with Crippen LogP contribution in [0.5, 0.6) is 11.5 Å². The topological polar surface area (TPSA) is 44.5 Å². The molecule has 3 nitrogen and oxygen atoms in total. The summed E-state index contributed by atoms with van der Waals surface area (Å²) in [7, 11) is 0. The minimum Gasteiger partial charge on any atom is -0.486 e. The number of nitrogens with two attached hydrogens (primary N) is 1. The van der Waals surface area contributed by atoms with Crippen LogP contribution in [0.25, 0.3) is 0 Å². The highest BCUT2D eigenvalue weighted by Crippen LogP contribution is 2.30. The van der Waals surface area contributed by atoms with Crippen LogP contribution in [0.3, 0.4) is 0 Å². The van der Waals surface area contributed by atoms with Gasteiger partial charge in [0.25, 0.3) is 0 Å². The summed E-state index contributed by atoms with van der Waals surface area (Å²) >= 11 is 0. The Bertz CT molecular complexity index is 291. The quantitative estimate of drug-likeness (QED) is 0.746.